The van der Waals surface area contributed by atoms with Crippen LogP contribution in [-0.4, -0.2) is 30.6 Å². The summed E-state index contributed by atoms with van der Waals surface area (Å²) < 4.78 is 0. The highest BCUT2D eigenvalue weighted by molar-refractivity contribution is 4.79. The van der Waals surface area contributed by atoms with E-state index in [9.17, 15) is 0 Å². The SMILES string of the molecule is CCCC1CCN(CCC(N)C(C)(C)C)CC1. The van der Waals surface area contributed by atoms with E-state index in [-0.39, 0.29) is 5.41 Å². The molecule has 0 aromatic heterocycles. The molecular weight excluding hydrogens is 208 g/mol. The first-order valence-corrected chi connectivity index (χ1v) is 7.41. The number of piperidine rings is 1. The molecule has 1 aliphatic rings. The Bertz CT molecular complexity index is 199. The maximum Gasteiger partial charge on any atom is 0.00998 e. The minimum absolute atomic E-state index is 0.251. The van der Waals surface area contributed by atoms with E-state index in [4.69, 9.17) is 5.73 Å². The van der Waals surface area contributed by atoms with Crippen LogP contribution in [0.4, 0.5) is 0 Å². The molecule has 1 saturated heterocycles. The molecule has 2 heteroatoms. The molecule has 0 amide bonds. The van der Waals surface area contributed by atoms with E-state index in [0.717, 1.165) is 12.3 Å². The number of nitrogens with zero attached hydrogens (tertiary/aromatic N) is 1. The second-order valence-corrected chi connectivity index (χ2v) is 6.83. The normalized spacial score (nSPS) is 21.7. The largest absolute Gasteiger partial charge is 0.327 e. The predicted octanol–water partition coefficient (Wildman–Crippen LogP) is 3.26. The van der Waals surface area contributed by atoms with Crippen molar-refractivity contribution in [2.24, 2.45) is 17.1 Å². The summed E-state index contributed by atoms with van der Waals surface area (Å²) in [5.41, 5.74) is 6.47. The van der Waals surface area contributed by atoms with Gasteiger partial charge >= 0.3 is 0 Å². The monoisotopic (exact) mass is 240 g/mol. The number of nitrogens with two attached hydrogens (primary N) is 1. The molecule has 2 nitrogen and oxygen atoms in total. The zero-order valence-corrected chi connectivity index (χ0v) is 12.3. The molecule has 102 valence electrons. The third kappa shape index (κ3) is 5.39. The third-order valence-corrected chi connectivity index (χ3v) is 4.27. The van der Waals surface area contributed by atoms with Crippen molar-refractivity contribution in [2.75, 3.05) is 19.6 Å². The van der Waals surface area contributed by atoms with Gasteiger partial charge in [-0.25, -0.2) is 0 Å². The first-order valence-electron chi connectivity index (χ1n) is 7.41. The first kappa shape index (κ1) is 15.0. The van der Waals surface area contributed by atoms with Crippen LogP contribution in [0.3, 0.4) is 0 Å². The van der Waals surface area contributed by atoms with Gasteiger partial charge in [0.25, 0.3) is 0 Å². The second kappa shape index (κ2) is 6.75. The summed E-state index contributed by atoms with van der Waals surface area (Å²) in [6.07, 6.45) is 6.72. The van der Waals surface area contributed by atoms with Crippen LogP contribution in [0.15, 0.2) is 0 Å². The van der Waals surface area contributed by atoms with Crippen molar-refractivity contribution in [3.05, 3.63) is 0 Å². The lowest BCUT2D eigenvalue weighted by Gasteiger charge is -2.34. The minimum atomic E-state index is 0.251. The molecule has 0 aromatic rings. The van der Waals surface area contributed by atoms with Gasteiger partial charge in [0.1, 0.15) is 0 Å². The molecule has 1 unspecified atom stereocenters. The number of hydrogen-bond donors (Lipinski definition) is 1. The fourth-order valence-corrected chi connectivity index (χ4v) is 2.66. The number of hydrogen-bond acceptors (Lipinski definition) is 2. The van der Waals surface area contributed by atoms with Gasteiger partial charge in [0.2, 0.25) is 0 Å². The fraction of sp³-hybridized carbons (Fsp3) is 1.00. The van der Waals surface area contributed by atoms with Crippen molar-refractivity contribution in [1.82, 2.24) is 4.90 Å². The quantitative estimate of drug-likeness (QED) is 0.799. The van der Waals surface area contributed by atoms with Crippen LogP contribution in [0.2, 0.25) is 0 Å². The highest BCUT2D eigenvalue weighted by atomic mass is 15.1. The molecule has 1 aliphatic heterocycles. The van der Waals surface area contributed by atoms with E-state index < -0.39 is 0 Å². The lowest BCUT2D eigenvalue weighted by molar-refractivity contribution is 0.163. The van der Waals surface area contributed by atoms with Gasteiger partial charge < -0.3 is 10.6 Å². The highest BCUT2D eigenvalue weighted by Gasteiger charge is 2.23. The van der Waals surface area contributed by atoms with E-state index in [2.05, 4.69) is 32.6 Å². The molecule has 1 fully saturated rings. The molecule has 1 atom stereocenters. The Kier molecular flexibility index (Phi) is 5.94. The Balaban J connectivity index is 2.18. The van der Waals surface area contributed by atoms with Crippen molar-refractivity contribution in [3.8, 4) is 0 Å². The average molecular weight is 240 g/mol. The molecule has 0 aromatic carbocycles. The van der Waals surface area contributed by atoms with Gasteiger partial charge in [-0.2, -0.15) is 0 Å². The van der Waals surface area contributed by atoms with E-state index in [1.807, 2.05) is 0 Å². The third-order valence-electron chi connectivity index (χ3n) is 4.27. The van der Waals surface area contributed by atoms with Gasteiger partial charge in [-0.1, -0.05) is 40.5 Å². The maximum atomic E-state index is 6.22. The van der Waals surface area contributed by atoms with E-state index in [0.29, 0.717) is 6.04 Å². The zero-order valence-electron chi connectivity index (χ0n) is 12.3. The van der Waals surface area contributed by atoms with Gasteiger partial charge in [-0.05, 0) is 50.2 Å². The number of likely N-dealkylation sites (tertiary alicyclic amines) is 1. The molecule has 0 aliphatic carbocycles. The van der Waals surface area contributed by atoms with Crippen molar-refractivity contribution >= 4 is 0 Å². The lowest BCUT2D eigenvalue weighted by atomic mass is 9.85. The van der Waals surface area contributed by atoms with Gasteiger partial charge in [0.15, 0.2) is 0 Å². The first-order chi connectivity index (χ1) is 7.93. The standard InChI is InChI=1S/C15H32N2/c1-5-6-13-7-10-17(11-8-13)12-9-14(16)15(2,3)4/h13-14H,5-12,16H2,1-4H3. The molecule has 0 spiro atoms. The second-order valence-electron chi connectivity index (χ2n) is 6.83. The molecule has 0 radical (unpaired) electrons. The minimum Gasteiger partial charge on any atom is -0.327 e. The van der Waals surface area contributed by atoms with Crippen molar-refractivity contribution in [1.29, 1.82) is 0 Å². The average Bonchev–Trinajstić information content (AvgIpc) is 2.27. The van der Waals surface area contributed by atoms with Gasteiger partial charge in [0.05, 0.1) is 0 Å². The van der Waals surface area contributed by atoms with Gasteiger partial charge in [0, 0.05) is 6.04 Å². The summed E-state index contributed by atoms with van der Waals surface area (Å²) >= 11 is 0. The lowest BCUT2D eigenvalue weighted by Crippen LogP contribution is -2.41. The Labute approximate surface area is 108 Å². The Morgan fingerprint density at radius 3 is 2.29 bits per heavy atom. The fourth-order valence-electron chi connectivity index (χ4n) is 2.66. The predicted molar refractivity (Wildman–Crippen MR) is 76.1 cm³/mol. The zero-order chi connectivity index (χ0) is 12.9. The van der Waals surface area contributed by atoms with Gasteiger partial charge in [-0.15, -0.1) is 0 Å². The molecular formula is C15H32N2. The van der Waals surface area contributed by atoms with Crippen LogP contribution in [0, 0.1) is 11.3 Å². The Hall–Kier alpha value is -0.0800. The number of rotatable bonds is 5. The van der Waals surface area contributed by atoms with E-state index in [1.165, 1.54) is 45.3 Å². The summed E-state index contributed by atoms with van der Waals surface area (Å²) in [6, 6.07) is 0.330. The van der Waals surface area contributed by atoms with E-state index in [1.54, 1.807) is 0 Å². The summed E-state index contributed by atoms with van der Waals surface area (Å²) in [7, 11) is 0. The summed E-state index contributed by atoms with van der Waals surface area (Å²) in [5, 5.41) is 0. The van der Waals surface area contributed by atoms with Crippen molar-refractivity contribution < 1.29 is 0 Å². The summed E-state index contributed by atoms with van der Waals surface area (Å²) in [4.78, 5) is 2.61. The summed E-state index contributed by atoms with van der Waals surface area (Å²) in [6.45, 7) is 12.8. The topological polar surface area (TPSA) is 29.3 Å². The highest BCUT2D eigenvalue weighted by Crippen LogP contribution is 2.23. The molecule has 1 heterocycles. The summed E-state index contributed by atoms with van der Waals surface area (Å²) in [5.74, 6) is 0.993. The van der Waals surface area contributed by atoms with Crippen LogP contribution in [0.25, 0.3) is 0 Å². The molecule has 2 N–H and O–H groups in total. The molecule has 1 rings (SSSR count). The maximum absolute atomic E-state index is 6.22. The van der Waals surface area contributed by atoms with Crippen LogP contribution < -0.4 is 5.73 Å². The smallest absolute Gasteiger partial charge is 0.00998 e. The van der Waals surface area contributed by atoms with Crippen LogP contribution >= 0.6 is 0 Å². The Morgan fingerprint density at radius 1 is 1.24 bits per heavy atom. The van der Waals surface area contributed by atoms with Crippen molar-refractivity contribution in [3.63, 3.8) is 0 Å². The van der Waals surface area contributed by atoms with E-state index >= 15 is 0 Å². The van der Waals surface area contributed by atoms with Crippen LogP contribution in [-0.2, 0) is 0 Å². The Morgan fingerprint density at radius 2 is 1.82 bits per heavy atom. The van der Waals surface area contributed by atoms with Gasteiger partial charge in [-0.3, -0.25) is 0 Å². The molecule has 0 bridgehead atoms. The molecule has 17 heavy (non-hydrogen) atoms. The van der Waals surface area contributed by atoms with Crippen LogP contribution in [0.5, 0.6) is 0 Å². The molecule has 0 saturated carbocycles. The van der Waals surface area contributed by atoms with Crippen molar-refractivity contribution in [2.45, 2.75) is 65.8 Å². The van der Waals surface area contributed by atoms with Crippen LogP contribution in [0.1, 0.15) is 59.8 Å².